The maximum atomic E-state index is 12.4. The van der Waals surface area contributed by atoms with Gasteiger partial charge in [-0.2, -0.15) is 0 Å². The summed E-state index contributed by atoms with van der Waals surface area (Å²) in [5, 5.41) is 5.66. The zero-order chi connectivity index (χ0) is 16.2. The number of hydrogen-bond donors (Lipinski definition) is 3. The molecule has 2 aliphatic rings. The molecule has 0 bridgehead atoms. The maximum absolute atomic E-state index is 12.4. The van der Waals surface area contributed by atoms with Gasteiger partial charge >= 0.3 is 6.03 Å². The van der Waals surface area contributed by atoms with Gasteiger partial charge in [0.2, 0.25) is 5.91 Å². The van der Waals surface area contributed by atoms with E-state index in [4.69, 9.17) is 5.73 Å². The molecule has 22 heavy (non-hydrogen) atoms. The summed E-state index contributed by atoms with van der Waals surface area (Å²) < 4.78 is 0. The molecule has 2 fully saturated rings. The van der Waals surface area contributed by atoms with E-state index in [1.54, 1.807) is 0 Å². The lowest BCUT2D eigenvalue weighted by molar-refractivity contribution is -0.133. The van der Waals surface area contributed by atoms with Gasteiger partial charge in [-0.05, 0) is 19.3 Å². The summed E-state index contributed by atoms with van der Waals surface area (Å²) in [6, 6.07) is -0.357. The first-order valence-corrected chi connectivity index (χ1v) is 7.85. The molecule has 4 amide bonds. The van der Waals surface area contributed by atoms with Crippen molar-refractivity contribution in [2.75, 3.05) is 39.3 Å². The van der Waals surface area contributed by atoms with Crippen molar-refractivity contribution >= 4 is 17.8 Å². The van der Waals surface area contributed by atoms with E-state index in [0.717, 1.165) is 6.42 Å². The molecule has 2 rings (SSSR count). The molecule has 8 heteroatoms. The van der Waals surface area contributed by atoms with Crippen molar-refractivity contribution < 1.29 is 14.4 Å². The van der Waals surface area contributed by atoms with Crippen molar-refractivity contribution in [3.63, 3.8) is 0 Å². The highest BCUT2D eigenvalue weighted by atomic mass is 16.2. The lowest BCUT2D eigenvalue weighted by Gasteiger charge is -2.36. The average Bonchev–Trinajstić information content (AvgIpc) is 2.73. The molecule has 0 atom stereocenters. The third kappa shape index (κ3) is 3.38. The molecule has 8 nitrogen and oxygen atoms in total. The van der Waals surface area contributed by atoms with Gasteiger partial charge in [0.1, 0.15) is 5.54 Å². The fourth-order valence-corrected chi connectivity index (χ4v) is 2.96. The van der Waals surface area contributed by atoms with E-state index in [0.29, 0.717) is 39.0 Å². The van der Waals surface area contributed by atoms with Crippen LogP contribution in [0.15, 0.2) is 0 Å². The third-order valence-corrected chi connectivity index (χ3v) is 4.25. The van der Waals surface area contributed by atoms with Crippen LogP contribution in [-0.4, -0.2) is 72.5 Å². The molecule has 0 radical (unpaired) electrons. The van der Waals surface area contributed by atoms with Crippen molar-refractivity contribution in [3.8, 4) is 0 Å². The summed E-state index contributed by atoms with van der Waals surface area (Å²) in [5.41, 5.74) is 4.64. The Hall–Kier alpha value is -1.67. The third-order valence-electron chi connectivity index (χ3n) is 4.25. The molecule has 2 saturated heterocycles. The molecule has 4 N–H and O–H groups in total. The van der Waals surface area contributed by atoms with Crippen LogP contribution >= 0.6 is 0 Å². The second-order valence-electron chi connectivity index (χ2n) is 5.88. The Labute approximate surface area is 130 Å². The predicted molar refractivity (Wildman–Crippen MR) is 81.0 cm³/mol. The summed E-state index contributed by atoms with van der Waals surface area (Å²) in [5.74, 6) is -0.178. The minimum atomic E-state index is -0.803. The zero-order valence-electron chi connectivity index (χ0n) is 13.1. The molecule has 0 aliphatic carbocycles. The molecule has 2 aliphatic heterocycles. The Bertz CT molecular complexity index is 446. The molecular weight excluding hydrogens is 286 g/mol. The molecule has 0 saturated carbocycles. The van der Waals surface area contributed by atoms with E-state index in [9.17, 15) is 14.4 Å². The van der Waals surface area contributed by atoms with E-state index in [-0.39, 0.29) is 30.9 Å². The molecule has 0 aromatic rings. The molecular formula is C14H25N5O3. The fourth-order valence-electron chi connectivity index (χ4n) is 2.96. The Morgan fingerprint density at radius 1 is 1.36 bits per heavy atom. The second kappa shape index (κ2) is 7.06. The standard InChI is InChI=1S/C14H25N5O3/c1-2-6-16-11(20)10-18-7-3-14(4-8-18)12(21)19(9-5-15)13(22)17-14/h2-10,15H2,1H3,(H,16,20)(H,17,22). The number of nitrogens with zero attached hydrogens (tertiary/aromatic N) is 2. The van der Waals surface area contributed by atoms with Crippen LogP contribution in [-0.2, 0) is 9.59 Å². The van der Waals surface area contributed by atoms with Gasteiger partial charge in [0.05, 0.1) is 6.54 Å². The van der Waals surface area contributed by atoms with Crippen LogP contribution in [0.3, 0.4) is 0 Å². The van der Waals surface area contributed by atoms with Crippen molar-refractivity contribution in [1.29, 1.82) is 0 Å². The highest BCUT2D eigenvalue weighted by Gasteiger charge is 2.51. The van der Waals surface area contributed by atoms with Crippen LogP contribution in [0.1, 0.15) is 26.2 Å². The Kier molecular flexibility index (Phi) is 5.36. The molecule has 124 valence electrons. The largest absolute Gasteiger partial charge is 0.355 e. The fraction of sp³-hybridized carbons (Fsp3) is 0.786. The van der Waals surface area contributed by atoms with Gasteiger partial charge in [-0.25, -0.2) is 4.79 Å². The molecule has 0 unspecified atom stereocenters. The van der Waals surface area contributed by atoms with Crippen LogP contribution in [0.25, 0.3) is 0 Å². The number of piperidine rings is 1. The maximum Gasteiger partial charge on any atom is 0.325 e. The van der Waals surface area contributed by atoms with Crippen LogP contribution in [0, 0.1) is 0 Å². The summed E-state index contributed by atoms with van der Waals surface area (Å²) in [7, 11) is 0. The number of rotatable bonds is 6. The Morgan fingerprint density at radius 2 is 2.05 bits per heavy atom. The van der Waals surface area contributed by atoms with E-state index in [2.05, 4.69) is 10.6 Å². The summed E-state index contributed by atoms with van der Waals surface area (Å²) in [4.78, 5) is 39.3. The van der Waals surface area contributed by atoms with Crippen LogP contribution < -0.4 is 16.4 Å². The average molecular weight is 311 g/mol. The smallest absolute Gasteiger partial charge is 0.325 e. The zero-order valence-corrected chi connectivity index (χ0v) is 13.1. The first-order valence-electron chi connectivity index (χ1n) is 7.85. The number of urea groups is 1. The van der Waals surface area contributed by atoms with E-state index in [1.807, 2.05) is 11.8 Å². The van der Waals surface area contributed by atoms with Crippen molar-refractivity contribution in [3.05, 3.63) is 0 Å². The molecule has 1 spiro atoms. The van der Waals surface area contributed by atoms with Gasteiger partial charge in [-0.1, -0.05) is 6.92 Å². The van der Waals surface area contributed by atoms with Gasteiger partial charge in [0, 0.05) is 32.7 Å². The number of amides is 4. The van der Waals surface area contributed by atoms with Gasteiger partial charge in [0.25, 0.3) is 5.91 Å². The minimum absolute atomic E-state index is 0.00402. The number of nitrogens with one attached hydrogen (secondary N) is 2. The van der Waals surface area contributed by atoms with E-state index >= 15 is 0 Å². The quantitative estimate of drug-likeness (QED) is 0.537. The number of likely N-dealkylation sites (tertiary alicyclic amines) is 1. The monoisotopic (exact) mass is 311 g/mol. The summed E-state index contributed by atoms with van der Waals surface area (Å²) in [6.07, 6.45) is 1.96. The van der Waals surface area contributed by atoms with Gasteiger partial charge in [-0.15, -0.1) is 0 Å². The normalized spacial score (nSPS) is 21.3. The summed E-state index contributed by atoms with van der Waals surface area (Å²) in [6.45, 7) is 4.76. The highest BCUT2D eigenvalue weighted by Crippen LogP contribution is 2.29. The predicted octanol–water partition coefficient (Wildman–Crippen LogP) is -1.14. The first-order chi connectivity index (χ1) is 10.5. The number of nitrogens with two attached hydrogens (primary N) is 1. The minimum Gasteiger partial charge on any atom is -0.355 e. The van der Waals surface area contributed by atoms with Crippen molar-refractivity contribution in [2.24, 2.45) is 5.73 Å². The lowest BCUT2D eigenvalue weighted by Crippen LogP contribution is -2.56. The second-order valence-corrected chi connectivity index (χ2v) is 5.88. The Balaban J connectivity index is 1.88. The van der Waals surface area contributed by atoms with Gasteiger partial charge in [-0.3, -0.25) is 19.4 Å². The number of carbonyl (C=O) groups is 3. The first kappa shape index (κ1) is 16.7. The van der Waals surface area contributed by atoms with Gasteiger partial charge in [0.15, 0.2) is 0 Å². The van der Waals surface area contributed by atoms with Crippen molar-refractivity contribution in [2.45, 2.75) is 31.7 Å². The molecule has 2 heterocycles. The van der Waals surface area contributed by atoms with E-state index < -0.39 is 5.54 Å². The number of imide groups is 1. The van der Waals surface area contributed by atoms with Crippen LogP contribution in [0.2, 0.25) is 0 Å². The molecule has 0 aromatic heterocycles. The van der Waals surface area contributed by atoms with Gasteiger partial charge < -0.3 is 16.4 Å². The SMILES string of the molecule is CCCNC(=O)CN1CCC2(CC1)NC(=O)N(CCN)C2=O. The van der Waals surface area contributed by atoms with Crippen molar-refractivity contribution in [1.82, 2.24) is 20.4 Å². The Morgan fingerprint density at radius 3 is 2.64 bits per heavy atom. The lowest BCUT2D eigenvalue weighted by atomic mass is 9.87. The van der Waals surface area contributed by atoms with Crippen LogP contribution in [0.4, 0.5) is 4.79 Å². The topological polar surface area (TPSA) is 108 Å². The highest BCUT2D eigenvalue weighted by molar-refractivity contribution is 6.07. The number of hydrogen-bond acceptors (Lipinski definition) is 5. The number of carbonyl (C=O) groups excluding carboxylic acids is 3. The van der Waals surface area contributed by atoms with Crippen LogP contribution in [0.5, 0.6) is 0 Å². The molecule has 0 aromatic carbocycles. The summed E-state index contributed by atoms with van der Waals surface area (Å²) >= 11 is 0. The van der Waals surface area contributed by atoms with E-state index in [1.165, 1.54) is 4.90 Å².